The molecule has 1 aliphatic rings. The Bertz CT molecular complexity index is 1850. The standard InChI is InChI=1S/C30H28F3N11O/c1-18-7-8-19(27(45)39-21-6-2-5-20(16-21)30(31,32)33)15-22(18)40-26-24-23(37-17-38-26)25(34)42-29(41-24)44-12-4-11-43(13-14-44)28-35-9-3-10-36-28/h2-3,5-10,15-17H,4,11-14H2,1H3,(H,39,45)(H2,34,41,42)(H,37,38,40). The molecule has 5 aromatic rings. The number of aromatic nitrogens is 6. The molecule has 15 heteroatoms. The number of alkyl halides is 3. The molecule has 2 aromatic carbocycles. The Balaban J connectivity index is 1.25. The summed E-state index contributed by atoms with van der Waals surface area (Å²) in [7, 11) is 0. The number of nitrogens with two attached hydrogens (primary N) is 1. The number of halogens is 3. The molecule has 0 atom stereocenters. The SMILES string of the molecule is Cc1ccc(C(=O)Nc2cccc(C(F)(F)F)c2)cc1Nc1ncnc2c(N)nc(N3CCCN(c4ncccn4)CC3)nc12. The van der Waals surface area contributed by atoms with E-state index < -0.39 is 17.6 Å². The molecular formula is C30H28F3N11O. The predicted molar refractivity (Wildman–Crippen MR) is 164 cm³/mol. The first kappa shape index (κ1) is 29.5. The number of carbonyl (C=O) groups is 1. The molecule has 0 spiro atoms. The van der Waals surface area contributed by atoms with Crippen LogP contribution in [0.1, 0.15) is 27.9 Å². The van der Waals surface area contributed by atoms with Crippen molar-refractivity contribution in [3.8, 4) is 0 Å². The highest BCUT2D eigenvalue weighted by molar-refractivity contribution is 6.05. The minimum absolute atomic E-state index is 0.0272. The number of carbonyl (C=O) groups excluding carboxylic acids is 1. The number of nitrogens with zero attached hydrogens (tertiary/aromatic N) is 8. The lowest BCUT2D eigenvalue weighted by Gasteiger charge is -2.22. The second-order valence-corrected chi connectivity index (χ2v) is 10.4. The zero-order chi connectivity index (χ0) is 31.6. The average Bonchev–Trinajstić information content (AvgIpc) is 3.29. The lowest BCUT2D eigenvalue weighted by Crippen LogP contribution is -2.32. The van der Waals surface area contributed by atoms with Crippen molar-refractivity contribution in [3.05, 3.63) is 83.9 Å². The third-order valence-electron chi connectivity index (χ3n) is 7.31. The summed E-state index contributed by atoms with van der Waals surface area (Å²) in [6.07, 6.45) is 1.07. The molecule has 1 fully saturated rings. The van der Waals surface area contributed by atoms with Crippen LogP contribution in [0, 0.1) is 6.92 Å². The van der Waals surface area contributed by atoms with E-state index in [0.717, 1.165) is 30.7 Å². The summed E-state index contributed by atoms with van der Waals surface area (Å²) in [5.74, 6) is 1.07. The van der Waals surface area contributed by atoms with E-state index in [-0.39, 0.29) is 17.1 Å². The molecule has 230 valence electrons. The number of nitrogen functional groups attached to an aromatic ring is 1. The van der Waals surface area contributed by atoms with Gasteiger partial charge in [0.25, 0.3) is 5.91 Å². The lowest BCUT2D eigenvalue weighted by atomic mass is 10.1. The molecule has 1 amide bonds. The quantitative estimate of drug-likeness (QED) is 0.241. The lowest BCUT2D eigenvalue weighted by molar-refractivity contribution is -0.137. The monoisotopic (exact) mass is 615 g/mol. The van der Waals surface area contributed by atoms with Gasteiger partial charge in [-0.3, -0.25) is 4.79 Å². The second-order valence-electron chi connectivity index (χ2n) is 10.4. The molecule has 12 nitrogen and oxygen atoms in total. The van der Waals surface area contributed by atoms with Crippen molar-refractivity contribution in [1.82, 2.24) is 29.9 Å². The molecule has 6 rings (SSSR count). The van der Waals surface area contributed by atoms with Crippen LogP contribution in [0.15, 0.2) is 67.3 Å². The number of amides is 1. The first-order chi connectivity index (χ1) is 21.7. The smallest absolute Gasteiger partial charge is 0.382 e. The number of aryl methyl sites for hydroxylation is 1. The maximum atomic E-state index is 13.1. The molecule has 1 aliphatic heterocycles. The summed E-state index contributed by atoms with van der Waals surface area (Å²) in [4.78, 5) is 43.9. The average molecular weight is 616 g/mol. The number of fused-ring (bicyclic) bond motifs is 1. The van der Waals surface area contributed by atoms with E-state index in [1.54, 1.807) is 36.7 Å². The van der Waals surface area contributed by atoms with Crippen LogP contribution in [0.5, 0.6) is 0 Å². The molecule has 4 N–H and O–H groups in total. The van der Waals surface area contributed by atoms with E-state index >= 15 is 0 Å². The van der Waals surface area contributed by atoms with Crippen LogP contribution in [0.4, 0.5) is 48.1 Å². The van der Waals surface area contributed by atoms with Crippen LogP contribution >= 0.6 is 0 Å². The highest BCUT2D eigenvalue weighted by atomic mass is 19.4. The normalized spacial score (nSPS) is 13.9. The Morgan fingerprint density at radius 3 is 2.38 bits per heavy atom. The fourth-order valence-electron chi connectivity index (χ4n) is 4.96. The highest BCUT2D eigenvalue weighted by Crippen LogP contribution is 2.32. The molecule has 45 heavy (non-hydrogen) atoms. The summed E-state index contributed by atoms with van der Waals surface area (Å²) in [6.45, 7) is 4.58. The van der Waals surface area contributed by atoms with Crippen molar-refractivity contribution >= 4 is 51.8 Å². The van der Waals surface area contributed by atoms with Crippen LogP contribution in [0.3, 0.4) is 0 Å². The van der Waals surface area contributed by atoms with Crippen molar-refractivity contribution in [2.45, 2.75) is 19.5 Å². The summed E-state index contributed by atoms with van der Waals surface area (Å²) >= 11 is 0. The first-order valence-electron chi connectivity index (χ1n) is 14.1. The zero-order valence-electron chi connectivity index (χ0n) is 24.1. The van der Waals surface area contributed by atoms with E-state index in [2.05, 4.69) is 40.5 Å². The van der Waals surface area contributed by atoms with E-state index in [9.17, 15) is 18.0 Å². The second kappa shape index (κ2) is 12.2. The zero-order valence-corrected chi connectivity index (χ0v) is 24.1. The van der Waals surface area contributed by atoms with E-state index in [1.807, 2.05) is 11.8 Å². The molecule has 0 aliphatic carbocycles. The highest BCUT2D eigenvalue weighted by Gasteiger charge is 2.30. The molecule has 3 aromatic heterocycles. The Labute approximate surface area is 255 Å². The van der Waals surface area contributed by atoms with Gasteiger partial charge >= 0.3 is 6.18 Å². The molecule has 0 saturated carbocycles. The summed E-state index contributed by atoms with van der Waals surface area (Å²) in [5.41, 5.74) is 7.82. The van der Waals surface area contributed by atoms with Crippen LogP contribution in [-0.2, 0) is 6.18 Å². The van der Waals surface area contributed by atoms with Gasteiger partial charge in [-0.05, 0) is 55.3 Å². The van der Waals surface area contributed by atoms with Gasteiger partial charge in [-0.15, -0.1) is 0 Å². The maximum Gasteiger partial charge on any atom is 0.416 e. The number of hydrogen-bond donors (Lipinski definition) is 3. The van der Waals surface area contributed by atoms with Gasteiger partial charge in [0.15, 0.2) is 11.6 Å². The predicted octanol–water partition coefficient (Wildman–Crippen LogP) is 4.83. The number of hydrogen-bond acceptors (Lipinski definition) is 11. The maximum absolute atomic E-state index is 13.1. The summed E-state index contributed by atoms with van der Waals surface area (Å²) in [5, 5.41) is 5.77. The Kier molecular flexibility index (Phi) is 7.98. The van der Waals surface area contributed by atoms with E-state index in [1.165, 1.54) is 18.5 Å². The number of anilines is 6. The fraction of sp³-hybridized carbons (Fsp3) is 0.233. The van der Waals surface area contributed by atoms with Gasteiger partial charge in [-0.25, -0.2) is 24.9 Å². The topological polar surface area (TPSA) is 151 Å². The molecule has 4 heterocycles. The van der Waals surface area contributed by atoms with Gasteiger partial charge < -0.3 is 26.2 Å². The first-order valence-corrected chi connectivity index (χ1v) is 14.1. The molecule has 0 unspecified atom stereocenters. The van der Waals surface area contributed by atoms with Gasteiger partial charge in [0.2, 0.25) is 11.9 Å². The van der Waals surface area contributed by atoms with Gasteiger partial charge in [0, 0.05) is 55.5 Å². The van der Waals surface area contributed by atoms with E-state index in [4.69, 9.17) is 10.7 Å². The van der Waals surface area contributed by atoms with Crippen LogP contribution in [-0.4, -0.2) is 62.0 Å². The van der Waals surface area contributed by atoms with Crippen LogP contribution in [0.25, 0.3) is 11.0 Å². The molecule has 0 bridgehead atoms. The van der Waals surface area contributed by atoms with Crippen molar-refractivity contribution in [2.24, 2.45) is 0 Å². The minimum Gasteiger partial charge on any atom is -0.382 e. The third-order valence-corrected chi connectivity index (χ3v) is 7.31. The van der Waals surface area contributed by atoms with Crippen molar-refractivity contribution in [1.29, 1.82) is 0 Å². The van der Waals surface area contributed by atoms with Gasteiger partial charge in [-0.2, -0.15) is 18.2 Å². The van der Waals surface area contributed by atoms with Crippen molar-refractivity contribution in [2.75, 3.05) is 52.3 Å². The number of benzene rings is 2. The fourth-order valence-corrected chi connectivity index (χ4v) is 4.96. The van der Waals surface area contributed by atoms with Crippen LogP contribution in [0.2, 0.25) is 0 Å². The Morgan fingerprint density at radius 2 is 1.62 bits per heavy atom. The largest absolute Gasteiger partial charge is 0.416 e. The van der Waals surface area contributed by atoms with Crippen molar-refractivity contribution < 1.29 is 18.0 Å². The Morgan fingerprint density at radius 1 is 0.867 bits per heavy atom. The van der Waals surface area contributed by atoms with Crippen molar-refractivity contribution in [3.63, 3.8) is 0 Å². The summed E-state index contributed by atoms with van der Waals surface area (Å²) < 4.78 is 39.4. The Hall–Kier alpha value is -5.60. The summed E-state index contributed by atoms with van der Waals surface area (Å²) in [6, 6.07) is 11.1. The molecular weight excluding hydrogens is 587 g/mol. The minimum atomic E-state index is -4.53. The third kappa shape index (κ3) is 6.51. The number of nitrogens with one attached hydrogen (secondary N) is 2. The van der Waals surface area contributed by atoms with Gasteiger partial charge in [0.05, 0.1) is 5.56 Å². The number of rotatable bonds is 6. The van der Waals surface area contributed by atoms with Gasteiger partial charge in [0.1, 0.15) is 17.4 Å². The molecule has 0 radical (unpaired) electrons. The van der Waals surface area contributed by atoms with Gasteiger partial charge in [-0.1, -0.05) is 12.1 Å². The van der Waals surface area contributed by atoms with E-state index in [0.29, 0.717) is 54.1 Å². The molecule has 1 saturated heterocycles. The van der Waals surface area contributed by atoms with Crippen LogP contribution < -0.4 is 26.2 Å².